The Bertz CT molecular complexity index is 925. The molecule has 150 valence electrons. The van der Waals surface area contributed by atoms with Gasteiger partial charge in [-0.3, -0.25) is 10.1 Å². The van der Waals surface area contributed by atoms with Crippen molar-refractivity contribution in [2.24, 2.45) is 0 Å². The van der Waals surface area contributed by atoms with Crippen molar-refractivity contribution in [3.8, 4) is 0 Å². The molecular weight excluding hydrogens is 399 g/mol. The molecule has 0 fully saturated rings. The summed E-state index contributed by atoms with van der Waals surface area (Å²) in [6.07, 6.45) is 2.97. The summed E-state index contributed by atoms with van der Waals surface area (Å²) < 4.78 is 18.3. The third kappa shape index (κ3) is 7.23. The second-order valence-corrected chi connectivity index (χ2v) is 6.18. The maximum absolute atomic E-state index is 13.2. The molecular formula is C21H18ClFN2O4. The summed E-state index contributed by atoms with van der Waals surface area (Å²) in [5.41, 5.74) is 1.16. The van der Waals surface area contributed by atoms with Gasteiger partial charge < -0.3 is 10.1 Å². The third-order valence-electron chi connectivity index (χ3n) is 3.55. The fourth-order valence-electron chi connectivity index (χ4n) is 2.20. The molecule has 2 aromatic carbocycles. The molecule has 8 heteroatoms. The van der Waals surface area contributed by atoms with Gasteiger partial charge in [0.05, 0.1) is 5.57 Å². The molecule has 6 nitrogen and oxygen atoms in total. The van der Waals surface area contributed by atoms with Crippen molar-refractivity contribution in [3.05, 3.63) is 83.2 Å². The van der Waals surface area contributed by atoms with Crippen LogP contribution in [-0.2, 0) is 14.3 Å². The number of nitrogens with one attached hydrogen (secondary N) is 2. The molecule has 3 amide bonds. The van der Waals surface area contributed by atoms with Crippen LogP contribution in [0.25, 0.3) is 11.6 Å². The van der Waals surface area contributed by atoms with E-state index in [0.29, 0.717) is 16.1 Å². The number of ether oxygens (including phenoxy) is 1. The monoisotopic (exact) mass is 416 g/mol. The maximum Gasteiger partial charge on any atom is 0.339 e. The minimum atomic E-state index is -0.812. The fourth-order valence-corrected chi connectivity index (χ4v) is 2.32. The van der Waals surface area contributed by atoms with Gasteiger partial charge >= 0.3 is 12.0 Å². The molecule has 0 spiro atoms. The topological polar surface area (TPSA) is 84.5 Å². The van der Waals surface area contributed by atoms with Crippen molar-refractivity contribution in [2.75, 3.05) is 13.2 Å². The molecule has 0 aliphatic carbocycles. The van der Waals surface area contributed by atoms with Gasteiger partial charge in [-0.1, -0.05) is 41.9 Å². The Morgan fingerprint density at radius 2 is 1.72 bits per heavy atom. The van der Waals surface area contributed by atoms with E-state index in [9.17, 15) is 18.8 Å². The largest absolute Gasteiger partial charge is 0.452 e. The average Bonchev–Trinajstić information content (AvgIpc) is 2.71. The van der Waals surface area contributed by atoms with E-state index in [1.54, 1.807) is 24.3 Å². The zero-order valence-electron chi connectivity index (χ0n) is 15.3. The highest BCUT2D eigenvalue weighted by Crippen LogP contribution is 2.21. The van der Waals surface area contributed by atoms with Gasteiger partial charge in [0.2, 0.25) is 0 Å². The Morgan fingerprint density at radius 3 is 2.34 bits per heavy atom. The molecule has 0 aliphatic rings. The van der Waals surface area contributed by atoms with Gasteiger partial charge in [-0.05, 0) is 41.5 Å². The van der Waals surface area contributed by atoms with Crippen LogP contribution in [0.5, 0.6) is 0 Å². The summed E-state index contributed by atoms with van der Waals surface area (Å²) in [7, 11) is 0. The standard InChI is InChI=1S/C21H18ClFN2O4/c1-2-11-24-21(28)25-19(26)13-29-20(27)18(15-5-9-17(23)10-6-15)12-14-3-7-16(22)8-4-14/h2-10,12H,1,11,13H2,(H2,24,25,26,28)/b18-12+. The predicted octanol–water partition coefficient (Wildman–Crippen LogP) is 3.57. The van der Waals surface area contributed by atoms with E-state index in [4.69, 9.17) is 16.3 Å². The van der Waals surface area contributed by atoms with Crippen LogP contribution in [0.1, 0.15) is 11.1 Å². The van der Waals surface area contributed by atoms with Crippen molar-refractivity contribution >= 4 is 41.2 Å². The zero-order chi connectivity index (χ0) is 21.2. The van der Waals surface area contributed by atoms with E-state index in [2.05, 4.69) is 11.9 Å². The minimum absolute atomic E-state index is 0.108. The van der Waals surface area contributed by atoms with E-state index >= 15 is 0 Å². The van der Waals surface area contributed by atoms with Gasteiger partial charge in [-0.2, -0.15) is 0 Å². The number of esters is 1. The summed E-state index contributed by atoms with van der Waals surface area (Å²) in [4.78, 5) is 35.7. The van der Waals surface area contributed by atoms with Crippen molar-refractivity contribution in [2.45, 2.75) is 0 Å². The zero-order valence-corrected chi connectivity index (χ0v) is 16.0. The van der Waals surface area contributed by atoms with E-state index in [1.807, 2.05) is 5.32 Å². The van der Waals surface area contributed by atoms with Gasteiger partial charge in [-0.25, -0.2) is 14.0 Å². The molecule has 0 aliphatic heterocycles. The molecule has 0 atom stereocenters. The van der Waals surface area contributed by atoms with Crippen LogP contribution < -0.4 is 10.6 Å². The molecule has 0 saturated heterocycles. The summed E-state index contributed by atoms with van der Waals surface area (Å²) in [5.74, 6) is -2.07. The molecule has 0 aromatic heterocycles. The number of carbonyl (C=O) groups excluding carboxylic acids is 3. The number of benzene rings is 2. The van der Waals surface area contributed by atoms with Crippen LogP contribution in [0.15, 0.2) is 61.2 Å². The first-order valence-corrected chi connectivity index (χ1v) is 8.85. The van der Waals surface area contributed by atoms with Gasteiger partial charge in [0.1, 0.15) is 5.82 Å². The summed E-state index contributed by atoms with van der Waals surface area (Å²) in [6.45, 7) is 2.94. The second-order valence-electron chi connectivity index (χ2n) is 5.74. The minimum Gasteiger partial charge on any atom is -0.452 e. The predicted molar refractivity (Wildman–Crippen MR) is 108 cm³/mol. The highest BCUT2D eigenvalue weighted by molar-refractivity contribution is 6.30. The van der Waals surface area contributed by atoms with Gasteiger partial charge in [0, 0.05) is 11.6 Å². The average molecular weight is 417 g/mol. The molecule has 0 bridgehead atoms. The lowest BCUT2D eigenvalue weighted by Crippen LogP contribution is -2.41. The first-order chi connectivity index (χ1) is 13.9. The normalized spacial score (nSPS) is 10.8. The molecule has 29 heavy (non-hydrogen) atoms. The van der Waals surface area contributed by atoms with Crippen molar-refractivity contribution in [1.82, 2.24) is 10.6 Å². The molecule has 0 heterocycles. The molecule has 2 N–H and O–H groups in total. The Kier molecular flexibility index (Phi) is 8.12. The number of halogens is 2. The molecule has 0 radical (unpaired) electrons. The second kappa shape index (κ2) is 10.8. The summed E-state index contributed by atoms with van der Waals surface area (Å²) in [5, 5.41) is 4.90. The quantitative estimate of drug-likeness (QED) is 0.313. The van der Waals surface area contributed by atoms with Crippen LogP contribution in [0.4, 0.5) is 9.18 Å². The number of carbonyl (C=O) groups is 3. The summed E-state index contributed by atoms with van der Waals surface area (Å²) >= 11 is 5.87. The van der Waals surface area contributed by atoms with Crippen LogP contribution in [0, 0.1) is 5.82 Å². The van der Waals surface area contributed by atoms with Gasteiger partial charge in [0.15, 0.2) is 6.61 Å². The van der Waals surface area contributed by atoms with Crippen LogP contribution >= 0.6 is 11.6 Å². The lowest BCUT2D eigenvalue weighted by molar-refractivity contribution is -0.142. The van der Waals surface area contributed by atoms with Crippen LogP contribution in [-0.4, -0.2) is 31.1 Å². The van der Waals surface area contributed by atoms with Crippen LogP contribution in [0.3, 0.4) is 0 Å². The third-order valence-corrected chi connectivity index (χ3v) is 3.80. The number of amides is 3. The van der Waals surface area contributed by atoms with Crippen LogP contribution in [0.2, 0.25) is 5.02 Å². The van der Waals surface area contributed by atoms with Gasteiger partial charge in [0.25, 0.3) is 5.91 Å². The summed E-state index contributed by atoms with van der Waals surface area (Å²) in [6, 6.07) is 11.2. The number of hydrogen-bond acceptors (Lipinski definition) is 4. The molecule has 2 rings (SSSR count). The number of rotatable bonds is 7. The van der Waals surface area contributed by atoms with E-state index < -0.39 is 30.3 Å². The highest BCUT2D eigenvalue weighted by Gasteiger charge is 2.17. The van der Waals surface area contributed by atoms with E-state index in [0.717, 1.165) is 0 Å². The van der Waals surface area contributed by atoms with E-state index in [1.165, 1.54) is 36.4 Å². The first-order valence-electron chi connectivity index (χ1n) is 8.48. The Balaban J connectivity index is 2.13. The number of urea groups is 1. The SMILES string of the molecule is C=CCNC(=O)NC(=O)COC(=O)/C(=C/c1ccc(Cl)cc1)c1ccc(F)cc1. The lowest BCUT2D eigenvalue weighted by Gasteiger charge is -2.10. The first kappa shape index (κ1) is 21.8. The Morgan fingerprint density at radius 1 is 1.07 bits per heavy atom. The fraction of sp³-hybridized carbons (Fsp3) is 0.0952. The highest BCUT2D eigenvalue weighted by atomic mass is 35.5. The number of imide groups is 1. The maximum atomic E-state index is 13.2. The molecule has 0 saturated carbocycles. The van der Waals surface area contributed by atoms with Crippen molar-refractivity contribution in [3.63, 3.8) is 0 Å². The molecule has 2 aromatic rings. The Labute approximate surface area is 172 Å². The van der Waals surface area contributed by atoms with Crippen molar-refractivity contribution < 1.29 is 23.5 Å². The van der Waals surface area contributed by atoms with Crippen molar-refractivity contribution in [1.29, 1.82) is 0 Å². The smallest absolute Gasteiger partial charge is 0.339 e. The lowest BCUT2D eigenvalue weighted by atomic mass is 10.0. The van der Waals surface area contributed by atoms with E-state index in [-0.39, 0.29) is 12.1 Å². The Hall–Kier alpha value is -3.45. The molecule has 0 unspecified atom stereocenters. The van der Waals surface area contributed by atoms with Gasteiger partial charge in [-0.15, -0.1) is 6.58 Å². The number of hydrogen-bond donors (Lipinski definition) is 2.